The molecule has 2 amide bonds. The Hall–Kier alpha value is -3.15. The van der Waals surface area contributed by atoms with E-state index in [1.54, 1.807) is 36.4 Å². The molecule has 0 aliphatic carbocycles. The van der Waals surface area contributed by atoms with Gasteiger partial charge in [-0.2, -0.15) is 0 Å². The predicted octanol–water partition coefficient (Wildman–Crippen LogP) is 2.46. The van der Waals surface area contributed by atoms with Crippen LogP contribution in [0.3, 0.4) is 0 Å². The highest BCUT2D eigenvalue weighted by Gasteiger charge is 2.09. The van der Waals surface area contributed by atoms with Crippen molar-refractivity contribution < 1.29 is 19.1 Å². The Morgan fingerprint density at radius 3 is 2.20 bits per heavy atom. The van der Waals surface area contributed by atoms with Gasteiger partial charge < -0.3 is 15.8 Å². The number of primary amides is 1. The van der Waals surface area contributed by atoms with Gasteiger partial charge in [0.15, 0.2) is 12.4 Å². The van der Waals surface area contributed by atoms with Crippen molar-refractivity contribution in [2.45, 2.75) is 19.8 Å². The summed E-state index contributed by atoms with van der Waals surface area (Å²) in [6.07, 6.45) is 0.251. The number of Topliss-reactive ketones (excluding diaryl/α,β-unsaturated/α-hetero) is 1. The molecule has 0 heterocycles. The zero-order valence-electron chi connectivity index (χ0n) is 14.0. The van der Waals surface area contributed by atoms with Crippen molar-refractivity contribution in [3.63, 3.8) is 0 Å². The normalized spacial score (nSPS) is 10.1. The van der Waals surface area contributed by atoms with E-state index in [1.807, 2.05) is 19.1 Å². The number of anilines is 1. The van der Waals surface area contributed by atoms with Crippen molar-refractivity contribution in [3.8, 4) is 5.75 Å². The van der Waals surface area contributed by atoms with E-state index in [-0.39, 0.29) is 31.1 Å². The van der Waals surface area contributed by atoms with Crippen molar-refractivity contribution >= 4 is 23.3 Å². The maximum atomic E-state index is 12.1. The van der Waals surface area contributed by atoms with Gasteiger partial charge >= 0.3 is 0 Å². The molecule has 0 spiro atoms. The lowest BCUT2D eigenvalue weighted by Crippen LogP contribution is -2.20. The van der Waals surface area contributed by atoms with Crippen LogP contribution in [0.25, 0.3) is 0 Å². The van der Waals surface area contributed by atoms with Gasteiger partial charge in [-0.15, -0.1) is 0 Å². The number of nitrogens with two attached hydrogens (primary N) is 1. The van der Waals surface area contributed by atoms with E-state index < -0.39 is 5.91 Å². The van der Waals surface area contributed by atoms with Crippen LogP contribution in [-0.2, 0) is 9.59 Å². The molecule has 130 valence electrons. The fraction of sp³-hybridized carbons (Fsp3) is 0.211. The summed E-state index contributed by atoms with van der Waals surface area (Å²) in [7, 11) is 0. The summed E-state index contributed by atoms with van der Waals surface area (Å²) < 4.78 is 5.13. The summed E-state index contributed by atoms with van der Waals surface area (Å²) in [4.78, 5) is 34.6. The second-order valence-corrected chi connectivity index (χ2v) is 5.62. The molecule has 0 atom stereocenters. The fourth-order valence-corrected chi connectivity index (χ4v) is 2.12. The van der Waals surface area contributed by atoms with Gasteiger partial charge in [-0.05, 0) is 31.2 Å². The fourth-order valence-electron chi connectivity index (χ4n) is 2.12. The molecular weight excluding hydrogens is 320 g/mol. The van der Waals surface area contributed by atoms with Gasteiger partial charge in [0.2, 0.25) is 5.91 Å². The largest absolute Gasteiger partial charge is 0.484 e. The third-order valence-corrected chi connectivity index (χ3v) is 3.47. The molecule has 6 nitrogen and oxygen atoms in total. The Morgan fingerprint density at radius 1 is 0.960 bits per heavy atom. The first-order chi connectivity index (χ1) is 11.9. The van der Waals surface area contributed by atoms with E-state index in [9.17, 15) is 14.4 Å². The minimum atomic E-state index is -0.560. The van der Waals surface area contributed by atoms with Gasteiger partial charge in [0.05, 0.1) is 0 Å². The van der Waals surface area contributed by atoms with Gasteiger partial charge in [-0.25, -0.2) is 0 Å². The first-order valence-electron chi connectivity index (χ1n) is 7.85. The minimum absolute atomic E-state index is 0.0645. The van der Waals surface area contributed by atoms with Crippen LogP contribution >= 0.6 is 0 Å². The van der Waals surface area contributed by atoms with E-state index in [2.05, 4.69) is 5.32 Å². The van der Waals surface area contributed by atoms with Crippen molar-refractivity contribution in [2.75, 3.05) is 11.9 Å². The van der Waals surface area contributed by atoms with E-state index in [1.165, 1.54) is 0 Å². The van der Waals surface area contributed by atoms with Crippen molar-refractivity contribution in [2.24, 2.45) is 5.73 Å². The van der Waals surface area contributed by atoms with Crippen LogP contribution in [0.1, 0.15) is 28.8 Å². The summed E-state index contributed by atoms with van der Waals surface area (Å²) in [5.74, 6) is -0.390. The average Bonchev–Trinajstić information content (AvgIpc) is 2.59. The molecule has 3 N–H and O–H groups in total. The number of rotatable bonds is 8. The number of carbonyl (C=O) groups excluding carboxylic acids is 3. The van der Waals surface area contributed by atoms with E-state index in [0.29, 0.717) is 17.0 Å². The Balaban J connectivity index is 1.80. The molecule has 0 fully saturated rings. The number of carbonyl (C=O) groups is 3. The molecule has 0 saturated heterocycles. The molecule has 25 heavy (non-hydrogen) atoms. The molecule has 0 aliphatic heterocycles. The standard InChI is InChI=1S/C19H20N2O4/c1-13-2-4-14(5-3-13)17(22)10-11-19(24)21-15-6-8-16(9-7-15)25-12-18(20)23/h2-9H,10-12H2,1H3,(H2,20,23)(H,21,24). The first kappa shape index (κ1) is 18.2. The van der Waals surface area contributed by atoms with Crippen molar-refractivity contribution in [1.82, 2.24) is 0 Å². The number of ether oxygens (including phenoxy) is 1. The topological polar surface area (TPSA) is 98.5 Å². The zero-order valence-corrected chi connectivity index (χ0v) is 14.0. The van der Waals surface area contributed by atoms with Crippen LogP contribution in [0.4, 0.5) is 5.69 Å². The van der Waals surface area contributed by atoms with Crippen LogP contribution in [0.15, 0.2) is 48.5 Å². The molecule has 0 radical (unpaired) electrons. The van der Waals surface area contributed by atoms with Gasteiger partial charge in [-0.1, -0.05) is 29.8 Å². The summed E-state index contributed by atoms with van der Waals surface area (Å²) in [6.45, 7) is 1.75. The van der Waals surface area contributed by atoms with E-state index in [0.717, 1.165) is 5.56 Å². The number of ketones is 1. The van der Waals surface area contributed by atoms with Crippen molar-refractivity contribution in [3.05, 3.63) is 59.7 Å². The average molecular weight is 340 g/mol. The molecule has 6 heteroatoms. The molecule has 0 aliphatic rings. The highest BCUT2D eigenvalue weighted by molar-refractivity contribution is 6.00. The van der Waals surface area contributed by atoms with Gasteiger partial charge in [0.1, 0.15) is 5.75 Å². The molecule has 2 aromatic carbocycles. The maximum Gasteiger partial charge on any atom is 0.255 e. The molecule has 0 bridgehead atoms. The smallest absolute Gasteiger partial charge is 0.255 e. The highest BCUT2D eigenvalue weighted by atomic mass is 16.5. The summed E-state index contributed by atoms with van der Waals surface area (Å²) in [6, 6.07) is 13.8. The zero-order chi connectivity index (χ0) is 18.2. The van der Waals surface area contributed by atoms with Gasteiger partial charge in [-0.3, -0.25) is 14.4 Å². The Morgan fingerprint density at radius 2 is 1.60 bits per heavy atom. The van der Waals surface area contributed by atoms with Crippen LogP contribution < -0.4 is 15.8 Å². The first-order valence-corrected chi connectivity index (χ1v) is 7.85. The Kier molecular flexibility index (Phi) is 6.28. The Labute approximate surface area is 146 Å². The maximum absolute atomic E-state index is 12.1. The molecule has 0 aromatic heterocycles. The van der Waals surface area contributed by atoms with Crippen LogP contribution in [0.5, 0.6) is 5.75 Å². The molecular formula is C19H20N2O4. The number of benzene rings is 2. The van der Waals surface area contributed by atoms with E-state index in [4.69, 9.17) is 10.5 Å². The van der Waals surface area contributed by atoms with Crippen molar-refractivity contribution in [1.29, 1.82) is 0 Å². The quantitative estimate of drug-likeness (QED) is 0.721. The van der Waals surface area contributed by atoms with Gasteiger partial charge in [0.25, 0.3) is 5.91 Å². The van der Waals surface area contributed by atoms with Crippen LogP contribution in [0.2, 0.25) is 0 Å². The lowest BCUT2D eigenvalue weighted by Gasteiger charge is -2.07. The predicted molar refractivity (Wildman–Crippen MR) is 94.5 cm³/mol. The third-order valence-electron chi connectivity index (χ3n) is 3.47. The molecule has 0 unspecified atom stereocenters. The molecule has 2 aromatic rings. The number of hydrogen-bond donors (Lipinski definition) is 2. The number of hydrogen-bond acceptors (Lipinski definition) is 4. The van der Waals surface area contributed by atoms with Crippen LogP contribution in [0, 0.1) is 6.92 Å². The summed E-state index contributed by atoms with van der Waals surface area (Å²) in [5, 5.41) is 2.71. The monoisotopic (exact) mass is 340 g/mol. The van der Waals surface area contributed by atoms with Crippen LogP contribution in [-0.4, -0.2) is 24.2 Å². The molecule has 0 saturated carbocycles. The second kappa shape index (κ2) is 8.63. The SMILES string of the molecule is Cc1ccc(C(=O)CCC(=O)Nc2ccc(OCC(N)=O)cc2)cc1. The lowest BCUT2D eigenvalue weighted by atomic mass is 10.0. The summed E-state index contributed by atoms with van der Waals surface area (Å²) in [5.41, 5.74) is 7.26. The Bertz CT molecular complexity index is 752. The third kappa shape index (κ3) is 6.10. The van der Waals surface area contributed by atoms with E-state index >= 15 is 0 Å². The molecule has 2 rings (SSSR count). The number of aryl methyl sites for hydroxylation is 1. The second-order valence-electron chi connectivity index (χ2n) is 5.62. The lowest BCUT2D eigenvalue weighted by molar-refractivity contribution is -0.120. The number of amides is 2. The minimum Gasteiger partial charge on any atom is -0.484 e. The summed E-state index contributed by atoms with van der Waals surface area (Å²) >= 11 is 0. The highest BCUT2D eigenvalue weighted by Crippen LogP contribution is 2.16. The van der Waals surface area contributed by atoms with Gasteiger partial charge in [0, 0.05) is 24.1 Å². The number of nitrogens with one attached hydrogen (secondary N) is 1.